The highest BCUT2D eigenvalue weighted by atomic mass is 35.5. The van der Waals surface area contributed by atoms with E-state index in [1.54, 1.807) is 12.3 Å². The molecule has 1 aromatic carbocycles. The number of rotatable bonds is 4. The van der Waals surface area contributed by atoms with Crippen molar-refractivity contribution in [3.8, 4) is 0 Å². The zero-order valence-electron chi connectivity index (χ0n) is 10.7. The number of aromatic nitrogens is 1. The summed E-state index contributed by atoms with van der Waals surface area (Å²) in [4.78, 5) is 26.8. The Hall–Kier alpha value is -2.27. The van der Waals surface area contributed by atoms with Crippen LogP contribution < -0.4 is 0 Å². The van der Waals surface area contributed by atoms with Crippen molar-refractivity contribution in [3.05, 3.63) is 68.5 Å². The van der Waals surface area contributed by atoms with Crippen molar-refractivity contribution in [2.24, 2.45) is 0 Å². The molecule has 6 heteroatoms. The van der Waals surface area contributed by atoms with Gasteiger partial charge in [0, 0.05) is 12.3 Å². The average molecular weight is 291 g/mol. The Morgan fingerprint density at radius 2 is 2.10 bits per heavy atom. The lowest BCUT2D eigenvalue weighted by atomic mass is 10.0. The van der Waals surface area contributed by atoms with Gasteiger partial charge in [0.2, 0.25) is 0 Å². The Morgan fingerprint density at radius 1 is 1.35 bits per heavy atom. The maximum atomic E-state index is 12.3. The highest BCUT2D eigenvalue weighted by Gasteiger charge is 2.23. The molecular weight excluding hydrogens is 280 g/mol. The predicted molar refractivity (Wildman–Crippen MR) is 75.1 cm³/mol. The van der Waals surface area contributed by atoms with Crippen LogP contribution in [-0.4, -0.2) is 15.7 Å². The first-order chi connectivity index (χ1) is 9.50. The Morgan fingerprint density at radius 3 is 2.75 bits per heavy atom. The van der Waals surface area contributed by atoms with Crippen LogP contribution in [-0.2, 0) is 6.42 Å². The molecule has 0 saturated carbocycles. The fraction of sp³-hybridized carbons (Fsp3) is 0.143. The van der Waals surface area contributed by atoms with Crippen molar-refractivity contribution in [2.45, 2.75) is 13.3 Å². The zero-order chi connectivity index (χ0) is 14.7. The van der Waals surface area contributed by atoms with Crippen molar-refractivity contribution in [1.29, 1.82) is 0 Å². The predicted octanol–water partition coefficient (Wildman–Crippen LogP) is 3.38. The zero-order valence-corrected chi connectivity index (χ0v) is 11.4. The normalized spacial score (nSPS) is 10.3. The number of pyridine rings is 1. The van der Waals surface area contributed by atoms with E-state index < -0.39 is 10.7 Å². The van der Waals surface area contributed by atoms with Crippen molar-refractivity contribution in [3.63, 3.8) is 0 Å². The Bertz CT molecular complexity index is 686. The molecule has 0 atom stereocenters. The van der Waals surface area contributed by atoms with Gasteiger partial charge in [-0.15, -0.1) is 0 Å². The second-order valence-corrected chi connectivity index (χ2v) is 4.67. The molecule has 0 saturated heterocycles. The third-order valence-electron chi connectivity index (χ3n) is 2.91. The van der Waals surface area contributed by atoms with Gasteiger partial charge in [0.1, 0.15) is 5.56 Å². The molecule has 0 fully saturated rings. The van der Waals surface area contributed by atoms with Crippen LogP contribution in [0.5, 0.6) is 0 Å². The van der Waals surface area contributed by atoms with Gasteiger partial charge in [-0.25, -0.2) is 0 Å². The molecule has 0 aliphatic heterocycles. The second-order valence-electron chi connectivity index (χ2n) is 4.26. The maximum Gasteiger partial charge on any atom is 0.281 e. The third kappa shape index (κ3) is 2.83. The van der Waals surface area contributed by atoms with Crippen molar-refractivity contribution in [1.82, 2.24) is 4.98 Å². The number of carbonyl (C=O) groups excluding carboxylic acids is 1. The molecule has 20 heavy (non-hydrogen) atoms. The van der Waals surface area contributed by atoms with E-state index in [0.29, 0.717) is 5.69 Å². The van der Waals surface area contributed by atoms with Crippen molar-refractivity contribution < 1.29 is 9.72 Å². The molecule has 1 heterocycles. The fourth-order valence-electron chi connectivity index (χ4n) is 1.88. The summed E-state index contributed by atoms with van der Waals surface area (Å²) in [6.07, 6.45) is 1.56. The summed E-state index contributed by atoms with van der Waals surface area (Å²) < 4.78 is 0. The molecule has 0 spiro atoms. The Kier molecular flexibility index (Phi) is 4.10. The number of nitro groups is 1. The monoisotopic (exact) mass is 290 g/mol. The summed E-state index contributed by atoms with van der Waals surface area (Å²) >= 11 is 5.93. The summed E-state index contributed by atoms with van der Waals surface area (Å²) in [6.45, 7) is 1.83. The van der Waals surface area contributed by atoms with Crippen LogP contribution >= 0.6 is 11.6 Å². The summed E-state index contributed by atoms with van der Waals surface area (Å²) in [6, 6.07) is 7.78. The lowest BCUT2D eigenvalue weighted by Crippen LogP contribution is -2.10. The van der Waals surface area contributed by atoms with Gasteiger partial charge in [-0.05, 0) is 24.6 Å². The fourth-order valence-corrected chi connectivity index (χ4v) is 2.16. The molecule has 0 bridgehead atoms. The van der Waals surface area contributed by atoms with Gasteiger partial charge >= 0.3 is 0 Å². The van der Waals surface area contributed by atoms with Gasteiger partial charge in [-0.3, -0.25) is 19.9 Å². The first-order valence-electron chi connectivity index (χ1n) is 5.87. The number of aryl methyl sites for hydroxylation is 1. The molecule has 102 valence electrons. The summed E-state index contributed by atoms with van der Waals surface area (Å²) in [7, 11) is 0. The lowest BCUT2D eigenvalue weighted by molar-refractivity contribution is -0.385. The first-order valence-corrected chi connectivity index (χ1v) is 6.25. The van der Waals surface area contributed by atoms with E-state index in [4.69, 9.17) is 11.6 Å². The first kappa shape index (κ1) is 14.1. The topological polar surface area (TPSA) is 73.1 Å². The largest absolute Gasteiger partial charge is 0.293 e. The smallest absolute Gasteiger partial charge is 0.281 e. The minimum atomic E-state index is -0.607. The molecular formula is C14H11ClN2O3. The Balaban J connectivity index is 2.40. The number of Topliss-reactive ketones (excluding diaryl/α,β-unsaturated/α-hetero) is 1. The number of hydrogen-bond donors (Lipinski definition) is 0. The number of nitro benzene ring substituents is 1. The molecule has 1 aromatic heterocycles. The standard InChI is InChI=1S/C14H11ClN2O3/c1-9-4-3-7-16-11(9)8-13(18)14-10(15)5-2-6-12(14)17(19)20/h2-7H,8H2,1H3. The highest BCUT2D eigenvalue weighted by Crippen LogP contribution is 2.27. The highest BCUT2D eigenvalue weighted by molar-refractivity contribution is 6.34. The molecule has 0 aliphatic rings. The average Bonchev–Trinajstić information content (AvgIpc) is 2.40. The lowest BCUT2D eigenvalue weighted by Gasteiger charge is -2.06. The van der Waals surface area contributed by atoms with E-state index in [1.807, 2.05) is 13.0 Å². The van der Waals surface area contributed by atoms with Crippen LogP contribution in [0.1, 0.15) is 21.6 Å². The van der Waals surface area contributed by atoms with E-state index in [2.05, 4.69) is 4.98 Å². The van der Waals surface area contributed by atoms with E-state index in [9.17, 15) is 14.9 Å². The second kappa shape index (κ2) is 5.79. The molecule has 2 rings (SSSR count). The number of ketones is 1. The van der Waals surface area contributed by atoms with Gasteiger partial charge in [-0.2, -0.15) is 0 Å². The van der Waals surface area contributed by atoms with Crippen LogP contribution in [0.25, 0.3) is 0 Å². The Labute approximate surface area is 120 Å². The van der Waals surface area contributed by atoms with Gasteiger partial charge in [0.15, 0.2) is 5.78 Å². The number of benzene rings is 1. The number of halogens is 1. The van der Waals surface area contributed by atoms with E-state index in [1.165, 1.54) is 18.2 Å². The molecule has 0 aliphatic carbocycles. The van der Waals surface area contributed by atoms with Crippen molar-refractivity contribution in [2.75, 3.05) is 0 Å². The molecule has 0 amide bonds. The van der Waals surface area contributed by atoms with E-state index in [-0.39, 0.29) is 22.7 Å². The SMILES string of the molecule is Cc1cccnc1CC(=O)c1c(Cl)cccc1[N+](=O)[O-]. The molecule has 0 N–H and O–H groups in total. The van der Waals surface area contributed by atoms with Crippen LogP contribution in [0.4, 0.5) is 5.69 Å². The quantitative estimate of drug-likeness (QED) is 0.491. The minimum Gasteiger partial charge on any atom is -0.293 e. The molecule has 0 unspecified atom stereocenters. The summed E-state index contributed by atoms with van der Waals surface area (Å²) in [5.41, 5.74) is 1.10. The van der Waals surface area contributed by atoms with Crippen LogP contribution in [0.2, 0.25) is 5.02 Å². The molecule has 2 aromatic rings. The van der Waals surface area contributed by atoms with Gasteiger partial charge < -0.3 is 0 Å². The van der Waals surface area contributed by atoms with Gasteiger partial charge in [0.05, 0.1) is 22.1 Å². The summed E-state index contributed by atoms with van der Waals surface area (Å²) in [5, 5.41) is 11.1. The molecule has 5 nitrogen and oxygen atoms in total. The number of nitrogens with zero attached hydrogens (tertiary/aromatic N) is 2. The number of hydrogen-bond acceptors (Lipinski definition) is 4. The number of carbonyl (C=O) groups is 1. The third-order valence-corrected chi connectivity index (χ3v) is 3.23. The summed E-state index contributed by atoms with van der Waals surface area (Å²) in [5.74, 6) is -0.413. The van der Waals surface area contributed by atoms with Gasteiger partial charge in [0.25, 0.3) is 5.69 Å². The van der Waals surface area contributed by atoms with Crippen LogP contribution in [0.3, 0.4) is 0 Å². The van der Waals surface area contributed by atoms with Crippen LogP contribution in [0, 0.1) is 17.0 Å². The maximum absolute atomic E-state index is 12.3. The van der Waals surface area contributed by atoms with Crippen LogP contribution in [0.15, 0.2) is 36.5 Å². The van der Waals surface area contributed by atoms with Gasteiger partial charge in [-0.1, -0.05) is 23.7 Å². The van der Waals surface area contributed by atoms with E-state index in [0.717, 1.165) is 5.56 Å². The van der Waals surface area contributed by atoms with Crippen molar-refractivity contribution >= 4 is 23.1 Å². The van der Waals surface area contributed by atoms with E-state index >= 15 is 0 Å². The minimum absolute atomic E-state index is 0.0166. The molecule has 0 radical (unpaired) electrons.